The summed E-state index contributed by atoms with van der Waals surface area (Å²) in [5.74, 6) is 0. The minimum Gasteiger partial charge on any atom is -0.259 e. The van der Waals surface area contributed by atoms with Gasteiger partial charge in [0, 0.05) is 0 Å². The molecule has 1 rings (SSSR count). The average molecular weight is 166 g/mol. The van der Waals surface area contributed by atoms with Crippen molar-refractivity contribution in [1.29, 1.82) is 0 Å². The number of hydrogen-bond acceptors (Lipinski definition) is 3. The predicted molar refractivity (Wildman–Crippen MR) is 34.1 cm³/mol. The van der Waals surface area contributed by atoms with E-state index in [0.29, 0.717) is 0 Å². The quantitative estimate of drug-likeness (QED) is 0.560. The maximum absolute atomic E-state index is 11.9. The van der Waals surface area contributed by atoms with Crippen molar-refractivity contribution in [2.75, 3.05) is 6.67 Å². The van der Waals surface area contributed by atoms with Crippen LogP contribution in [0.5, 0.6) is 0 Å². The Labute approximate surface area is 60.7 Å². The van der Waals surface area contributed by atoms with E-state index >= 15 is 0 Å². The predicted octanol–water partition coefficient (Wildman–Crippen LogP) is 0.505. The summed E-state index contributed by atoms with van der Waals surface area (Å²) < 4.78 is 31.5. The molecule has 1 fully saturated rings. The summed E-state index contributed by atoms with van der Waals surface area (Å²) in [5.41, 5.74) is 0. The molecule has 0 N–H and O–H groups in total. The molecule has 0 saturated carbocycles. The van der Waals surface area contributed by atoms with Crippen LogP contribution in [-0.4, -0.2) is 23.1 Å². The fraction of sp³-hybridized carbons (Fsp3) is 0.600. The Hall–Kier alpha value is -0.260. The zero-order valence-corrected chi connectivity index (χ0v) is 5.97. The van der Waals surface area contributed by atoms with Gasteiger partial charge < -0.3 is 0 Å². The Bertz CT molecular complexity index is 161. The van der Waals surface area contributed by atoms with E-state index in [2.05, 4.69) is 14.9 Å². The molecular formula is C5H7FO3S. The standard InChI is InChI=1S/C5H7FO3S/c1-2-4-5(3-6)9-10(7)8-4/h2,4-5H,1,3H2. The molecule has 1 aliphatic heterocycles. The van der Waals surface area contributed by atoms with Crippen LogP contribution >= 0.6 is 0 Å². The Kier molecular flexibility index (Phi) is 2.53. The van der Waals surface area contributed by atoms with Gasteiger partial charge in [0.2, 0.25) is 0 Å². The summed E-state index contributed by atoms with van der Waals surface area (Å²) in [4.78, 5) is 0. The fourth-order valence-electron chi connectivity index (χ4n) is 0.636. The van der Waals surface area contributed by atoms with E-state index in [4.69, 9.17) is 0 Å². The molecule has 58 valence electrons. The van der Waals surface area contributed by atoms with E-state index < -0.39 is 30.2 Å². The monoisotopic (exact) mass is 166 g/mol. The van der Waals surface area contributed by atoms with Crippen molar-refractivity contribution in [1.82, 2.24) is 0 Å². The molecule has 1 saturated heterocycles. The Morgan fingerprint density at radius 3 is 2.80 bits per heavy atom. The minimum atomic E-state index is -1.79. The van der Waals surface area contributed by atoms with Crippen LogP contribution in [0.25, 0.3) is 0 Å². The zero-order valence-electron chi connectivity index (χ0n) is 5.16. The van der Waals surface area contributed by atoms with Gasteiger partial charge in [-0.2, -0.15) is 4.21 Å². The van der Waals surface area contributed by atoms with Crippen LogP contribution < -0.4 is 0 Å². The molecule has 0 aliphatic carbocycles. The van der Waals surface area contributed by atoms with Crippen LogP contribution in [0, 0.1) is 0 Å². The normalized spacial score (nSPS) is 39.9. The van der Waals surface area contributed by atoms with Gasteiger partial charge in [-0.1, -0.05) is 6.08 Å². The van der Waals surface area contributed by atoms with Crippen molar-refractivity contribution in [3.8, 4) is 0 Å². The summed E-state index contributed by atoms with van der Waals surface area (Å²) in [6.45, 7) is 2.66. The van der Waals surface area contributed by atoms with Crippen LogP contribution in [0.4, 0.5) is 4.39 Å². The fourth-order valence-corrected chi connectivity index (χ4v) is 1.43. The van der Waals surface area contributed by atoms with Crippen LogP contribution in [0.1, 0.15) is 0 Å². The van der Waals surface area contributed by atoms with Gasteiger partial charge in [0.05, 0.1) is 0 Å². The van der Waals surface area contributed by atoms with Gasteiger partial charge in [0.15, 0.2) is 0 Å². The van der Waals surface area contributed by atoms with Crippen molar-refractivity contribution in [2.24, 2.45) is 0 Å². The number of hydrogen-bond donors (Lipinski definition) is 0. The highest BCUT2D eigenvalue weighted by Crippen LogP contribution is 2.18. The second-order valence-electron chi connectivity index (χ2n) is 1.79. The maximum Gasteiger partial charge on any atom is 0.305 e. The smallest absolute Gasteiger partial charge is 0.259 e. The van der Waals surface area contributed by atoms with Gasteiger partial charge in [-0.15, -0.1) is 6.58 Å². The Morgan fingerprint density at radius 1 is 1.70 bits per heavy atom. The molecule has 3 atom stereocenters. The summed E-state index contributed by atoms with van der Waals surface area (Å²) in [7, 11) is 0. The molecule has 0 bridgehead atoms. The second-order valence-corrected chi connectivity index (χ2v) is 2.58. The Morgan fingerprint density at radius 2 is 2.40 bits per heavy atom. The molecule has 0 aromatic carbocycles. The number of rotatable bonds is 2. The molecule has 1 heterocycles. The molecule has 0 aromatic heterocycles. The average Bonchev–Trinajstić information content (AvgIpc) is 2.30. The maximum atomic E-state index is 11.9. The van der Waals surface area contributed by atoms with Crippen molar-refractivity contribution >= 4 is 11.4 Å². The second kappa shape index (κ2) is 3.23. The summed E-state index contributed by atoms with van der Waals surface area (Å²) in [6.07, 6.45) is 0.0407. The van der Waals surface area contributed by atoms with Gasteiger partial charge in [-0.3, -0.25) is 8.37 Å². The lowest BCUT2D eigenvalue weighted by Crippen LogP contribution is -2.21. The first-order valence-electron chi connectivity index (χ1n) is 2.72. The van der Waals surface area contributed by atoms with E-state index in [9.17, 15) is 8.60 Å². The molecule has 10 heavy (non-hydrogen) atoms. The highest BCUT2D eigenvalue weighted by atomic mass is 32.2. The van der Waals surface area contributed by atoms with Crippen LogP contribution in [0.3, 0.4) is 0 Å². The van der Waals surface area contributed by atoms with Crippen molar-refractivity contribution in [2.45, 2.75) is 12.2 Å². The van der Waals surface area contributed by atoms with E-state index in [-0.39, 0.29) is 0 Å². The SMILES string of the molecule is C=CC1OS(=O)OC1CF. The third kappa shape index (κ3) is 1.42. The molecule has 5 heteroatoms. The molecule has 3 unspecified atom stereocenters. The minimum absolute atomic E-state index is 0.578. The van der Waals surface area contributed by atoms with Crippen LogP contribution in [-0.2, 0) is 19.7 Å². The van der Waals surface area contributed by atoms with Crippen LogP contribution in [0.15, 0.2) is 12.7 Å². The van der Waals surface area contributed by atoms with Crippen LogP contribution in [0.2, 0.25) is 0 Å². The van der Waals surface area contributed by atoms with E-state index in [1.807, 2.05) is 0 Å². The summed E-state index contributed by atoms with van der Waals surface area (Å²) >= 11 is -1.79. The lowest BCUT2D eigenvalue weighted by Gasteiger charge is -2.04. The zero-order chi connectivity index (χ0) is 7.56. The molecule has 1 aliphatic rings. The molecule has 0 aromatic rings. The van der Waals surface area contributed by atoms with Gasteiger partial charge in [-0.05, 0) is 0 Å². The highest BCUT2D eigenvalue weighted by Gasteiger charge is 2.32. The first kappa shape index (κ1) is 7.84. The van der Waals surface area contributed by atoms with Crippen molar-refractivity contribution in [3.05, 3.63) is 12.7 Å². The third-order valence-corrected chi connectivity index (χ3v) is 1.93. The van der Waals surface area contributed by atoms with E-state index in [1.54, 1.807) is 0 Å². The highest BCUT2D eigenvalue weighted by molar-refractivity contribution is 7.75. The number of halogens is 1. The molecule has 0 amide bonds. The molecule has 3 nitrogen and oxygen atoms in total. The Balaban J connectivity index is 2.56. The molecule has 0 spiro atoms. The third-order valence-electron chi connectivity index (χ3n) is 1.14. The van der Waals surface area contributed by atoms with E-state index in [1.165, 1.54) is 6.08 Å². The topological polar surface area (TPSA) is 35.5 Å². The lowest BCUT2D eigenvalue weighted by molar-refractivity contribution is 0.157. The number of alkyl halides is 1. The van der Waals surface area contributed by atoms with Gasteiger partial charge in [0.1, 0.15) is 18.9 Å². The first-order chi connectivity index (χ1) is 4.77. The largest absolute Gasteiger partial charge is 0.305 e. The van der Waals surface area contributed by atoms with Crippen molar-refractivity contribution < 1.29 is 17.0 Å². The van der Waals surface area contributed by atoms with Crippen molar-refractivity contribution in [3.63, 3.8) is 0 Å². The van der Waals surface area contributed by atoms with Gasteiger partial charge in [0.25, 0.3) is 0 Å². The first-order valence-corrected chi connectivity index (χ1v) is 3.72. The van der Waals surface area contributed by atoms with Gasteiger partial charge in [-0.25, -0.2) is 4.39 Å². The van der Waals surface area contributed by atoms with E-state index in [0.717, 1.165) is 0 Å². The summed E-state index contributed by atoms with van der Waals surface area (Å²) in [5, 5.41) is 0. The molecule has 0 radical (unpaired) electrons. The van der Waals surface area contributed by atoms with Gasteiger partial charge >= 0.3 is 11.4 Å². The lowest BCUT2D eigenvalue weighted by atomic mass is 10.2. The molecular weight excluding hydrogens is 159 g/mol. The summed E-state index contributed by atoms with van der Waals surface area (Å²) in [6, 6.07) is 0.